The predicted octanol–water partition coefficient (Wildman–Crippen LogP) is 3.17. The minimum Gasteiger partial charge on any atom is -0.373 e. The van der Waals surface area contributed by atoms with Gasteiger partial charge in [0.05, 0.1) is 39.6 Å². The number of rotatable bonds is 6. The Labute approximate surface area is 161 Å². The van der Waals surface area contributed by atoms with Gasteiger partial charge < -0.3 is 28.4 Å². The van der Waals surface area contributed by atoms with Crippen LogP contribution in [0.15, 0.2) is 24.3 Å². The van der Waals surface area contributed by atoms with Gasteiger partial charge in [-0.05, 0) is 50.4 Å². The Balaban J connectivity index is 1.12. The normalized spacial score (nSPS) is 39.7. The van der Waals surface area contributed by atoms with Crippen LogP contribution in [-0.4, -0.2) is 58.0 Å². The molecule has 2 aliphatic heterocycles. The third-order valence-corrected chi connectivity index (χ3v) is 5.67. The molecule has 6 nitrogen and oxygen atoms in total. The molecule has 0 saturated carbocycles. The molecular formula is C21H32O6. The summed E-state index contributed by atoms with van der Waals surface area (Å²) in [5.74, 6) is 1.20. The van der Waals surface area contributed by atoms with Crippen LogP contribution in [0.5, 0.6) is 0 Å². The molecule has 0 amide bonds. The number of hydrogen-bond donors (Lipinski definition) is 0. The lowest BCUT2D eigenvalue weighted by Crippen LogP contribution is -2.56. The van der Waals surface area contributed by atoms with Gasteiger partial charge in [-0.25, -0.2) is 0 Å². The zero-order chi connectivity index (χ0) is 18.4. The Morgan fingerprint density at radius 3 is 1.48 bits per heavy atom. The molecular weight excluding hydrogens is 348 g/mol. The van der Waals surface area contributed by atoms with Gasteiger partial charge in [-0.1, -0.05) is 24.3 Å². The van der Waals surface area contributed by atoms with E-state index in [0.717, 1.165) is 38.9 Å². The molecule has 152 valence electrons. The molecule has 0 aromatic heterocycles. The van der Waals surface area contributed by atoms with Crippen molar-refractivity contribution in [2.75, 3.05) is 39.6 Å². The van der Waals surface area contributed by atoms with Gasteiger partial charge in [0.25, 0.3) is 0 Å². The first kappa shape index (κ1) is 19.6. The first-order valence-electron chi connectivity index (χ1n) is 10.4. The molecule has 0 bridgehead atoms. The fourth-order valence-electron chi connectivity index (χ4n) is 3.88. The second-order valence-corrected chi connectivity index (χ2v) is 7.96. The highest BCUT2D eigenvalue weighted by atomic mass is 17.0. The molecule has 0 aromatic carbocycles. The van der Waals surface area contributed by atoms with Gasteiger partial charge in [-0.15, -0.1) is 0 Å². The summed E-state index contributed by atoms with van der Waals surface area (Å²) < 4.78 is 34.8. The van der Waals surface area contributed by atoms with Gasteiger partial charge >= 0.3 is 6.16 Å². The average molecular weight is 380 g/mol. The predicted molar refractivity (Wildman–Crippen MR) is 99.0 cm³/mol. The molecule has 0 radical (unpaired) electrons. The quantitative estimate of drug-likeness (QED) is 0.660. The van der Waals surface area contributed by atoms with Gasteiger partial charge in [0.2, 0.25) is 0 Å². The molecule has 2 aliphatic carbocycles. The van der Waals surface area contributed by atoms with E-state index >= 15 is 0 Å². The van der Waals surface area contributed by atoms with Crippen molar-refractivity contribution >= 4 is 0 Å². The summed E-state index contributed by atoms with van der Waals surface area (Å²) in [6.07, 6.45) is 14.4. The standard InChI is InChI=1S/C21H32O6/c1-3-7-17(8-4-1)11-22-19-13-24-21(25-14-19)26-15-20(16-27-21)23-12-18-9-5-2-6-10-18/h1-3,5,17-20H,4,6-16H2. The Morgan fingerprint density at radius 1 is 0.667 bits per heavy atom. The molecule has 2 heterocycles. The van der Waals surface area contributed by atoms with Crippen LogP contribution in [0.3, 0.4) is 0 Å². The molecule has 1 spiro atoms. The summed E-state index contributed by atoms with van der Waals surface area (Å²) in [4.78, 5) is 0. The Bertz CT molecular complexity index is 453. The highest BCUT2D eigenvalue weighted by molar-refractivity contribution is 4.90. The van der Waals surface area contributed by atoms with E-state index in [4.69, 9.17) is 28.4 Å². The average Bonchev–Trinajstić information content (AvgIpc) is 2.75. The highest BCUT2D eigenvalue weighted by Gasteiger charge is 2.45. The largest absolute Gasteiger partial charge is 0.413 e. The molecule has 2 atom stereocenters. The lowest BCUT2D eigenvalue weighted by Gasteiger charge is -2.42. The van der Waals surface area contributed by atoms with E-state index in [9.17, 15) is 0 Å². The summed E-state index contributed by atoms with van der Waals surface area (Å²) in [6.45, 7) is 3.18. The second-order valence-electron chi connectivity index (χ2n) is 7.96. The van der Waals surface area contributed by atoms with E-state index in [1.165, 1.54) is 12.8 Å². The van der Waals surface area contributed by atoms with Gasteiger partial charge in [0, 0.05) is 0 Å². The van der Waals surface area contributed by atoms with Crippen molar-refractivity contribution in [3.63, 3.8) is 0 Å². The molecule has 2 saturated heterocycles. The molecule has 0 aromatic rings. The number of hydrogen-bond acceptors (Lipinski definition) is 6. The summed E-state index contributed by atoms with van der Waals surface area (Å²) in [6, 6.07) is 0. The van der Waals surface area contributed by atoms with Crippen LogP contribution in [0.1, 0.15) is 38.5 Å². The maximum Gasteiger partial charge on any atom is 0.413 e. The summed E-state index contributed by atoms with van der Waals surface area (Å²) in [5, 5.41) is 0. The minimum absolute atomic E-state index is 0.0675. The SMILES string of the molecule is C1=CCC(COC2COC3(OC2)OCC(OCC2CC=CCC2)CO3)CC1. The summed E-state index contributed by atoms with van der Waals surface area (Å²) >= 11 is 0. The smallest absolute Gasteiger partial charge is 0.373 e. The van der Waals surface area contributed by atoms with Crippen LogP contribution in [0.2, 0.25) is 0 Å². The number of ether oxygens (including phenoxy) is 6. The van der Waals surface area contributed by atoms with Gasteiger partial charge in [0.1, 0.15) is 12.2 Å². The van der Waals surface area contributed by atoms with Crippen LogP contribution in [0.25, 0.3) is 0 Å². The van der Waals surface area contributed by atoms with Crippen molar-refractivity contribution in [2.45, 2.75) is 56.9 Å². The third-order valence-electron chi connectivity index (χ3n) is 5.67. The fraction of sp³-hybridized carbons (Fsp3) is 0.810. The summed E-state index contributed by atoms with van der Waals surface area (Å²) in [5.41, 5.74) is 0. The zero-order valence-electron chi connectivity index (χ0n) is 16.1. The van der Waals surface area contributed by atoms with E-state index in [2.05, 4.69) is 24.3 Å². The maximum atomic E-state index is 5.96. The Morgan fingerprint density at radius 2 is 1.11 bits per heavy atom. The lowest BCUT2D eigenvalue weighted by atomic mass is 9.95. The van der Waals surface area contributed by atoms with E-state index in [1.807, 2.05) is 0 Å². The van der Waals surface area contributed by atoms with Crippen molar-refractivity contribution < 1.29 is 28.4 Å². The highest BCUT2D eigenvalue weighted by Crippen LogP contribution is 2.29. The van der Waals surface area contributed by atoms with Crippen molar-refractivity contribution in [3.8, 4) is 0 Å². The van der Waals surface area contributed by atoms with Crippen molar-refractivity contribution in [3.05, 3.63) is 24.3 Å². The third kappa shape index (κ3) is 5.62. The summed E-state index contributed by atoms with van der Waals surface area (Å²) in [7, 11) is 0. The molecule has 4 aliphatic rings. The molecule has 2 fully saturated rings. The van der Waals surface area contributed by atoms with Crippen molar-refractivity contribution in [1.82, 2.24) is 0 Å². The number of allylic oxidation sites excluding steroid dienone is 4. The Hall–Kier alpha value is -0.760. The van der Waals surface area contributed by atoms with Crippen LogP contribution < -0.4 is 0 Å². The minimum atomic E-state index is -1.37. The van der Waals surface area contributed by atoms with Crippen LogP contribution in [-0.2, 0) is 28.4 Å². The van der Waals surface area contributed by atoms with Gasteiger partial charge in [-0.3, -0.25) is 0 Å². The van der Waals surface area contributed by atoms with E-state index in [-0.39, 0.29) is 12.2 Å². The van der Waals surface area contributed by atoms with Crippen LogP contribution >= 0.6 is 0 Å². The molecule has 2 unspecified atom stereocenters. The van der Waals surface area contributed by atoms with Crippen LogP contribution in [0, 0.1) is 11.8 Å². The zero-order valence-corrected chi connectivity index (χ0v) is 16.1. The molecule has 4 rings (SSSR count). The molecule has 6 heteroatoms. The van der Waals surface area contributed by atoms with Gasteiger partial charge in [-0.2, -0.15) is 0 Å². The van der Waals surface area contributed by atoms with Crippen LogP contribution in [0.4, 0.5) is 0 Å². The monoisotopic (exact) mass is 380 g/mol. The lowest BCUT2D eigenvalue weighted by molar-refractivity contribution is -0.538. The Kier molecular flexibility index (Phi) is 6.97. The van der Waals surface area contributed by atoms with Crippen molar-refractivity contribution in [2.24, 2.45) is 11.8 Å². The van der Waals surface area contributed by atoms with E-state index in [0.29, 0.717) is 38.3 Å². The van der Waals surface area contributed by atoms with Crippen molar-refractivity contribution in [1.29, 1.82) is 0 Å². The topological polar surface area (TPSA) is 55.4 Å². The molecule has 0 N–H and O–H groups in total. The first-order chi connectivity index (χ1) is 13.3. The van der Waals surface area contributed by atoms with E-state index in [1.54, 1.807) is 0 Å². The second kappa shape index (κ2) is 9.63. The van der Waals surface area contributed by atoms with Gasteiger partial charge in [0.15, 0.2) is 0 Å². The first-order valence-corrected chi connectivity index (χ1v) is 10.4. The fourth-order valence-corrected chi connectivity index (χ4v) is 3.88. The van der Waals surface area contributed by atoms with E-state index < -0.39 is 6.16 Å². The molecule has 27 heavy (non-hydrogen) atoms. The maximum absolute atomic E-state index is 5.96.